The largest absolute Gasteiger partial charge is 0.507 e. The molecule has 0 radical (unpaired) electrons. The number of aromatic hydroxyl groups is 1. The first kappa shape index (κ1) is 14.2. The smallest absolute Gasteiger partial charge is 0.271 e. The number of H-pyrrole nitrogens is 1. The van der Waals surface area contributed by atoms with Crippen LogP contribution in [0.2, 0.25) is 0 Å². The number of aromatic amines is 1. The standard InChI is InChI=1S/C14H10BrN5O2/c15-9-2-3-10-8(5-9)1-4-12(21)11(10)6-16-19-14-18-13(22)7-17-20-14/h1-7,21H,(H2,18,19,20,22)/b16-6+. The molecule has 0 spiro atoms. The van der Waals surface area contributed by atoms with Gasteiger partial charge < -0.3 is 5.11 Å². The molecule has 0 saturated heterocycles. The van der Waals surface area contributed by atoms with Crippen molar-refractivity contribution in [1.29, 1.82) is 0 Å². The molecule has 2 aromatic carbocycles. The van der Waals surface area contributed by atoms with E-state index in [0.29, 0.717) is 5.56 Å². The van der Waals surface area contributed by atoms with E-state index >= 15 is 0 Å². The van der Waals surface area contributed by atoms with E-state index < -0.39 is 0 Å². The number of rotatable bonds is 3. The SMILES string of the molecule is O=c1cnnc(N/N=C/c2c(O)ccc3cc(Br)ccc23)[nH]1. The zero-order chi connectivity index (χ0) is 15.5. The van der Waals surface area contributed by atoms with Crippen LogP contribution in [0.25, 0.3) is 10.8 Å². The number of nitrogens with one attached hydrogen (secondary N) is 2. The van der Waals surface area contributed by atoms with Crippen LogP contribution in [0, 0.1) is 0 Å². The number of halogens is 1. The summed E-state index contributed by atoms with van der Waals surface area (Å²) in [5, 5.41) is 22.9. The van der Waals surface area contributed by atoms with E-state index in [1.807, 2.05) is 24.3 Å². The zero-order valence-corrected chi connectivity index (χ0v) is 12.7. The summed E-state index contributed by atoms with van der Waals surface area (Å²) in [4.78, 5) is 13.5. The minimum absolute atomic E-state index is 0.105. The second-order valence-electron chi connectivity index (χ2n) is 4.42. The predicted octanol–water partition coefficient (Wildman–Crippen LogP) is 2.23. The molecule has 1 aromatic heterocycles. The molecule has 3 rings (SSSR count). The molecule has 0 amide bonds. The molecule has 0 aliphatic carbocycles. The van der Waals surface area contributed by atoms with Crippen molar-refractivity contribution in [3.8, 4) is 5.75 Å². The molecule has 3 aromatic rings. The van der Waals surface area contributed by atoms with E-state index in [0.717, 1.165) is 21.4 Å². The monoisotopic (exact) mass is 359 g/mol. The summed E-state index contributed by atoms with van der Waals surface area (Å²) in [6.45, 7) is 0. The number of anilines is 1. The number of hydrazone groups is 1. The summed E-state index contributed by atoms with van der Waals surface area (Å²) in [7, 11) is 0. The van der Waals surface area contributed by atoms with Crippen molar-refractivity contribution >= 4 is 38.9 Å². The average Bonchev–Trinajstić information content (AvgIpc) is 2.49. The Balaban J connectivity index is 1.94. The summed E-state index contributed by atoms with van der Waals surface area (Å²) in [5.74, 6) is 0.222. The lowest BCUT2D eigenvalue weighted by Crippen LogP contribution is -2.10. The van der Waals surface area contributed by atoms with Gasteiger partial charge >= 0.3 is 0 Å². The zero-order valence-electron chi connectivity index (χ0n) is 11.1. The molecule has 0 fully saturated rings. The number of nitrogens with zero attached hydrogens (tertiary/aromatic N) is 3. The second-order valence-corrected chi connectivity index (χ2v) is 5.33. The van der Waals surface area contributed by atoms with Crippen molar-refractivity contribution in [3.63, 3.8) is 0 Å². The van der Waals surface area contributed by atoms with Gasteiger partial charge in [-0.3, -0.25) is 9.78 Å². The predicted molar refractivity (Wildman–Crippen MR) is 87.2 cm³/mol. The Morgan fingerprint density at radius 3 is 3.00 bits per heavy atom. The highest BCUT2D eigenvalue weighted by Gasteiger charge is 2.05. The van der Waals surface area contributed by atoms with Crippen LogP contribution in [-0.2, 0) is 0 Å². The van der Waals surface area contributed by atoms with Gasteiger partial charge in [-0.15, -0.1) is 10.2 Å². The number of hydrogen-bond acceptors (Lipinski definition) is 6. The van der Waals surface area contributed by atoms with Crippen LogP contribution in [0.4, 0.5) is 5.95 Å². The van der Waals surface area contributed by atoms with Crippen molar-refractivity contribution in [2.45, 2.75) is 0 Å². The van der Waals surface area contributed by atoms with Crippen molar-refractivity contribution in [1.82, 2.24) is 15.2 Å². The third-order valence-electron chi connectivity index (χ3n) is 2.94. The number of aromatic nitrogens is 3. The fourth-order valence-corrected chi connectivity index (χ4v) is 2.35. The van der Waals surface area contributed by atoms with Gasteiger partial charge in [-0.25, -0.2) is 5.43 Å². The minimum atomic E-state index is -0.384. The Bertz CT molecular complexity index is 922. The number of fused-ring (bicyclic) bond motifs is 1. The van der Waals surface area contributed by atoms with Gasteiger partial charge in [0.15, 0.2) is 0 Å². The van der Waals surface area contributed by atoms with Gasteiger partial charge in [0.05, 0.1) is 6.21 Å². The van der Waals surface area contributed by atoms with Crippen molar-refractivity contribution in [2.75, 3.05) is 5.43 Å². The molecule has 0 unspecified atom stereocenters. The van der Waals surface area contributed by atoms with Gasteiger partial charge in [0.1, 0.15) is 11.9 Å². The van der Waals surface area contributed by atoms with Gasteiger partial charge in [0.25, 0.3) is 5.56 Å². The van der Waals surface area contributed by atoms with Crippen LogP contribution < -0.4 is 11.0 Å². The van der Waals surface area contributed by atoms with Crippen LogP contribution in [0.5, 0.6) is 5.75 Å². The molecule has 0 aliphatic rings. The maximum Gasteiger partial charge on any atom is 0.271 e. The van der Waals surface area contributed by atoms with Crippen LogP contribution in [0.1, 0.15) is 5.56 Å². The van der Waals surface area contributed by atoms with Crippen LogP contribution in [0.15, 0.2) is 50.9 Å². The Morgan fingerprint density at radius 2 is 2.18 bits per heavy atom. The van der Waals surface area contributed by atoms with Crippen LogP contribution in [-0.4, -0.2) is 26.5 Å². The first-order chi connectivity index (χ1) is 10.6. The van der Waals surface area contributed by atoms with Crippen LogP contribution in [0.3, 0.4) is 0 Å². The lowest BCUT2D eigenvalue weighted by atomic mass is 10.0. The Labute approximate surface area is 132 Å². The Morgan fingerprint density at radius 1 is 1.32 bits per heavy atom. The minimum Gasteiger partial charge on any atom is -0.507 e. The van der Waals surface area contributed by atoms with E-state index in [9.17, 15) is 9.90 Å². The van der Waals surface area contributed by atoms with Crippen molar-refractivity contribution in [3.05, 3.63) is 56.9 Å². The number of benzene rings is 2. The molecule has 0 aliphatic heterocycles. The van der Waals surface area contributed by atoms with Gasteiger partial charge in [0, 0.05) is 10.0 Å². The number of phenols is 1. The normalized spacial score (nSPS) is 11.1. The maximum atomic E-state index is 11.1. The molecule has 22 heavy (non-hydrogen) atoms. The third kappa shape index (κ3) is 2.96. The highest BCUT2D eigenvalue weighted by atomic mass is 79.9. The summed E-state index contributed by atoms with van der Waals surface area (Å²) in [6, 6.07) is 9.12. The highest BCUT2D eigenvalue weighted by Crippen LogP contribution is 2.27. The lowest BCUT2D eigenvalue weighted by molar-refractivity contribution is 0.475. The fourth-order valence-electron chi connectivity index (χ4n) is 1.97. The topological polar surface area (TPSA) is 103 Å². The number of hydrogen-bond donors (Lipinski definition) is 3. The molecular formula is C14H10BrN5O2. The highest BCUT2D eigenvalue weighted by molar-refractivity contribution is 9.10. The Hall–Kier alpha value is -2.74. The van der Waals surface area contributed by atoms with E-state index in [4.69, 9.17) is 0 Å². The van der Waals surface area contributed by atoms with Crippen LogP contribution >= 0.6 is 15.9 Å². The molecule has 110 valence electrons. The summed E-state index contributed by atoms with van der Waals surface area (Å²) in [5.41, 5.74) is 2.73. The number of phenolic OH excluding ortho intramolecular Hbond substituents is 1. The van der Waals surface area contributed by atoms with E-state index in [2.05, 4.69) is 41.6 Å². The molecule has 0 atom stereocenters. The summed E-state index contributed by atoms with van der Waals surface area (Å²) < 4.78 is 0.948. The van der Waals surface area contributed by atoms with E-state index in [1.165, 1.54) is 6.21 Å². The summed E-state index contributed by atoms with van der Waals surface area (Å²) in [6.07, 6.45) is 2.52. The first-order valence-electron chi connectivity index (χ1n) is 6.26. The lowest BCUT2D eigenvalue weighted by Gasteiger charge is -2.05. The van der Waals surface area contributed by atoms with Crippen molar-refractivity contribution < 1.29 is 5.11 Å². The average molecular weight is 360 g/mol. The fraction of sp³-hybridized carbons (Fsp3) is 0. The third-order valence-corrected chi connectivity index (χ3v) is 3.43. The van der Waals surface area contributed by atoms with Gasteiger partial charge in [0.2, 0.25) is 5.95 Å². The molecule has 7 nitrogen and oxygen atoms in total. The van der Waals surface area contributed by atoms with Gasteiger partial charge in [-0.1, -0.05) is 28.1 Å². The van der Waals surface area contributed by atoms with E-state index in [-0.39, 0.29) is 17.3 Å². The van der Waals surface area contributed by atoms with Gasteiger partial charge in [-0.2, -0.15) is 5.10 Å². The molecule has 8 heteroatoms. The Kier molecular flexibility index (Phi) is 3.84. The van der Waals surface area contributed by atoms with Gasteiger partial charge in [-0.05, 0) is 29.0 Å². The quantitative estimate of drug-likeness (QED) is 0.491. The second kappa shape index (κ2) is 5.94. The molecule has 3 N–H and O–H groups in total. The first-order valence-corrected chi connectivity index (χ1v) is 7.05. The summed E-state index contributed by atoms with van der Waals surface area (Å²) >= 11 is 3.41. The molecule has 0 bridgehead atoms. The van der Waals surface area contributed by atoms with Crippen molar-refractivity contribution in [2.24, 2.45) is 5.10 Å². The van der Waals surface area contributed by atoms with E-state index in [1.54, 1.807) is 6.07 Å². The molecule has 0 saturated carbocycles. The maximum absolute atomic E-state index is 11.1. The molecular weight excluding hydrogens is 350 g/mol. The molecule has 1 heterocycles.